The number of aromatic carboxylic acids is 1. The van der Waals surface area contributed by atoms with Crippen LogP contribution >= 0.6 is 11.3 Å². The largest absolute Gasteiger partial charge is 0.476 e. The maximum Gasteiger partial charge on any atom is 0.356 e. The zero-order chi connectivity index (χ0) is 14.1. The summed E-state index contributed by atoms with van der Waals surface area (Å²) < 4.78 is 1.67. The summed E-state index contributed by atoms with van der Waals surface area (Å²) >= 11 is 1.36. The minimum absolute atomic E-state index is 0.0834. The van der Waals surface area contributed by atoms with E-state index in [4.69, 9.17) is 0 Å². The summed E-state index contributed by atoms with van der Waals surface area (Å²) in [6, 6.07) is 9.42. The van der Waals surface area contributed by atoms with Crippen LogP contribution in [0.5, 0.6) is 0 Å². The summed E-state index contributed by atoms with van der Waals surface area (Å²) in [4.78, 5) is 16.3. The van der Waals surface area contributed by atoms with Gasteiger partial charge in [-0.25, -0.2) is 9.78 Å². The van der Waals surface area contributed by atoms with Crippen LogP contribution in [0.3, 0.4) is 0 Å². The van der Waals surface area contributed by atoms with E-state index in [1.165, 1.54) is 11.3 Å². The molecule has 2 aromatic heterocycles. The third-order valence-corrected chi connectivity index (χ3v) is 3.97. The van der Waals surface area contributed by atoms with Gasteiger partial charge in [-0.3, -0.25) is 4.68 Å². The Labute approximate surface area is 119 Å². The Hall–Kier alpha value is -2.47. The molecule has 0 unspecified atom stereocenters. The summed E-state index contributed by atoms with van der Waals surface area (Å²) in [7, 11) is 1.81. The van der Waals surface area contributed by atoms with Gasteiger partial charge in [-0.2, -0.15) is 5.10 Å². The Balaban J connectivity index is 2.15. The highest BCUT2D eigenvalue weighted by Gasteiger charge is 2.19. The van der Waals surface area contributed by atoms with Gasteiger partial charge in [-0.05, 0) is 5.56 Å². The van der Waals surface area contributed by atoms with Crippen molar-refractivity contribution in [1.82, 2.24) is 14.8 Å². The SMILES string of the molecule is Cn1cc(-c2nc(C(=O)O)c(-c3ccccc3)s2)cn1. The molecule has 0 radical (unpaired) electrons. The molecule has 3 aromatic rings. The van der Waals surface area contributed by atoms with Gasteiger partial charge in [-0.15, -0.1) is 11.3 Å². The van der Waals surface area contributed by atoms with Crippen molar-refractivity contribution in [3.05, 3.63) is 48.4 Å². The number of carboxylic acid groups (broad SMARTS) is 1. The molecule has 0 aliphatic heterocycles. The van der Waals surface area contributed by atoms with Crippen molar-refractivity contribution in [2.24, 2.45) is 7.05 Å². The molecule has 3 rings (SSSR count). The van der Waals surface area contributed by atoms with Crippen LogP contribution in [0.25, 0.3) is 21.0 Å². The molecule has 0 fully saturated rings. The standard InChI is InChI=1S/C14H11N3O2S/c1-17-8-10(7-15-17)13-16-11(14(18)19)12(20-13)9-5-3-2-4-6-9/h2-8H,1H3,(H,18,19). The van der Waals surface area contributed by atoms with Gasteiger partial charge in [0.2, 0.25) is 0 Å². The fourth-order valence-corrected chi connectivity index (χ4v) is 2.94. The lowest BCUT2D eigenvalue weighted by Crippen LogP contribution is -1.98. The van der Waals surface area contributed by atoms with E-state index >= 15 is 0 Å². The number of carbonyl (C=O) groups is 1. The molecule has 5 nitrogen and oxygen atoms in total. The number of hydrogen-bond donors (Lipinski definition) is 1. The number of benzene rings is 1. The maximum atomic E-state index is 11.4. The van der Waals surface area contributed by atoms with Gasteiger partial charge in [0.15, 0.2) is 5.69 Å². The molecule has 0 atom stereocenters. The molecule has 6 heteroatoms. The second-order valence-electron chi connectivity index (χ2n) is 4.27. The fraction of sp³-hybridized carbons (Fsp3) is 0.0714. The van der Waals surface area contributed by atoms with Gasteiger partial charge < -0.3 is 5.11 Å². The smallest absolute Gasteiger partial charge is 0.356 e. The molecule has 0 saturated heterocycles. The van der Waals surface area contributed by atoms with Gasteiger partial charge in [0.1, 0.15) is 5.01 Å². The molecular formula is C14H11N3O2S. The Morgan fingerprint density at radius 2 is 2.00 bits per heavy atom. The zero-order valence-electron chi connectivity index (χ0n) is 10.6. The van der Waals surface area contributed by atoms with Crippen LogP contribution in [-0.2, 0) is 7.05 Å². The van der Waals surface area contributed by atoms with E-state index in [-0.39, 0.29) is 5.69 Å². The van der Waals surface area contributed by atoms with E-state index in [9.17, 15) is 9.90 Å². The summed E-state index contributed by atoms with van der Waals surface area (Å²) in [5.74, 6) is -1.02. The molecule has 1 N–H and O–H groups in total. The van der Waals surface area contributed by atoms with E-state index in [0.717, 1.165) is 11.1 Å². The van der Waals surface area contributed by atoms with Crippen LogP contribution in [0.15, 0.2) is 42.7 Å². The Morgan fingerprint density at radius 3 is 2.60 bits per heavy atom. The molecule has 0 aliphatic rings. The maximum absolute atomic E-state index is 11.4. The second-order valence-corrected chi connectivity index (χ2v) is 5.27. The number of carboxylic acids is 1. The van der Waals surface area contributed by atoms with Crippen LogP contribution in [0.4, 0.5) is 0 Å². The van der Waals surface area contributed by atoms with Crippen molar-refractivity contribution in [3.63, 3.8) is 0 Å². The molecule has 0 saturated carbocycles. The number of thiazole rings is 1. The normalized spacial score (nSPS) is 10.7. The van der Waals surface area contributed by atoms with Crippen LogP contribution in [0.1, 0.15) is 10.5 Å². The summed E-state index contributed by atoms with van der Waals surface area (Å²) in [6.45, 7) is 0. The van der Waals surface area contributed by atoms with Crippen molar-refractivity contribution in [2.45, 2.75) is 0 Å². The van der Waals surface area contributed by atoms with Crippen LogP contribution in [-0.4, -0.2) is 25.8 Å². The Kier molecular flexibility index (Phi) is 3.08. The number of nitrogens with zero attached hydrogens (tertiary/aromatic N) is 3. The minimum atomic E-state index is -1.02. The van der Waals surface area contributed by atoms with Gasteiger partial charge in [0, 0.05) is 18.8 Å². The van der Waals surface area contributed by atoms with Crippen LogP contribution < -0.4 is 0 Å². The molecule has 0 aliphatic carbocycles. The monoisotopic (exact) mass is 285 g/mol. The topological polar surface area (TPSA) is 68.0 Å². The number of hydrogen-bond acceptors (Lipinski definition) is 4. The first-order valence-corrected chi connectivity index (χ1v) is 6.75. The van der Waals surface area contributed by atoms with Crippen molar-refractivity contribution >= 4 is 17.3 Å². The van der Waals surface area contributed by atoms with Gasteiger partial charge in [0.05, 0.1) is 11.1 Å². The second kappa shape index (κ2) is 4.90. The van der Waals surface area contributed by atoms with Crippen molar-refractivity contribution in [3.8, 4) is 21.0 Å². The highest BCUT2D eigenvalue weighted by Crippen LogP contribution is 2.35. The lowest BCUT2D eigenvalue weighted by atomic mass is 10.1. The quantitative estimate of drug-likeness (QED) is 0.803. The summed E-state index contributed by atoms with van der Waals surface area (Å²) in [5, 5.41) is 14.1. The lowest BCUT2D eigenvalue weighted by Gasteiger charge is -1.97. The average Bonchev–Trinajstić information content (AvgIpc) is 3.05. The fourth-order valence-electron chi connectivity index (χ4n) is 1.91. The molecule has 0 spiro atoms. The first-order chi connectivity index (χ1) is 9.65. The van der Waals surface area contributed by atoms with E-state index < -0.39 is 5.97 Å². The highest BCUT2D eigenvalue weighted by molar-refractivity contribution is 7.18. The predicted molar refractivity (Wildman–Crippen MR) is 76.7 cm³/mol. The third kappa shape index (κ3) is 2.21. The van der Waals surface area contributed by atoms with Crippen LogP contribution in [0.2, 0.25) is 0 Å². The van der Waals surface area contributed by atoms with Crippen LogP contribution in [0, 0.1) is 0 Å². The average molecular weight is 285 g/mol. The van der Waals surface area contributed by atoms with Crippen molar-refractivity contribution in [1.29, 1.82) is 0 Å². The summed E-state index contributed by atoms with van der Waals surface area (Å²) in [6.07, 6.45) is 3.50. The first kappa shape index (κ1) is 12.6. The van der Waals surface area contributed by atoms with Crippen molar-refractivity contribution in [2.75, 3.05) is 0 Å². The predicted octanol–water partition coefficient (Wildman–Crippen LogP) is 2.91. The van der Waals surface area contributed by atoms with Gasteiger partial charge in [-0.1, -0.05) is 30.3 Å². The lowest BCUT2D eigenvalue weighted by molar-refractivity contribution is 0.0692. The molecule has 2 heterocycles. The number of aromatic nitrogens is 3. The van der Waals surface area contributed by atoms with Gasteiger partial charge in [0.25, 0.3) is 0 Å². The van der Waals surface area contributed by atoms with Crippen molar-refractivity contribution < 1.29 is 9.90 Å². The molecule has 0 amide bonds. The van der Waals surface area contributed by atoms with E-state index in [1.54, 1.807) is 10.9 Å². The molecule has 1 aromatic carbocycles. The molecule has 0 bridgehead atoms. The highest BCUT2D eigenvalue weighted by atomic mass is 32.1. The first-order valence-electron chi connectivity index (χ1n) is 5.93. The van der Waals surface area contributed by atoms with Gasteiger partial charge >= 0.3 is 5.97 Å². The molecular weight excluding hydrogens is 274 g/mol. The zero-order valence-corrected chi connectivity index (χ0v) is 11.5. The van der Waals surface area contributed by atoms with E-state index in [0.29, 0.717) is 9.88 Å². The Bertz CT molecular complexity index is 762. The van der Waals surface area contributed by atoms with E-state index in [1.807, 2.05) is 43.6 Å². The molecule has 20 heavy (non-hydrogen) atoms. The third-order valence-electron chi connectivity index (χ3n) is 2.82. The molecule has 100 valence electrons. The Morgan fingerprint density at radius 1 is 1.25 bits per heavy atom. The number of rotatable bonds is 3. The summed E-state index contributed by atoms with van der Waals surface area (Å²) in [5.41, 5.74) is 1.76. The minimum Gasteiger partial charge on any atom is -0.476 e. The number of aryl methyl sites for hydroxylation is 1. The van der Waals surface area contributed by atoms with E-state index in [2.05, 4.69) is 10.1 Å².